The Bertz CT molecular complexity index is 282. The van der Waals surface area contributed by atoms with E-state index in [1.54, 1.807) is 6.21 Å². The third kappa shape index (κ3) is 5.02. The smallest absolute Gasteiger partial charge is 0.113 e. The molecule has 0 aliphatic carbocycles. The van der Waals surface area contributed by atoms with E-state index in [0.29, 0.717) is 0 Å². The van der Waals surface area contributed by atoms with Crippen molar-refractivity contribution in [1.29, 1.82) is 0 Å². The summed E-state index contributed by atoms with van der Waals surface area (Å²) in [5, 5.41) is 0. The minimum Gasteiger partial charge on any atom is -0.265 e. The van der Waals surface area contributed by atoms with E-state index in [2.05, 4.69) is 18.2 Å². The zero-order chi connectivity index (χ0) is 10.3. The Kier molecular flexibility index (Phi) is 5.61. The number of hydrogen-bond donors (Lipinski definition) is 0. The normalized spacial score (nSPS) is 13.4. The van der Waals surface area contributed by atoms with Gasteiger partial charge < -0.3 is 0 Å². The van der Waals surface area contributed by atoms with Gasteiger partial charge in [0.25, 0.3) is 0 Å². The molecule has 0 aliphatic rings. The first-order valence-electron chi connectivity index (χ1n) is 4.05. The van der Waals surface area contributed by atoms with Crippen LogP contribution >= 0.6 is 0 Å². The molecule has 0 aromatic heterocycles. The van der Waals surface area contributed by atoms with Crippen LogP contribution in [0.5, 0.6) is 0 Å². The lowest BCUT2D eigenvalue weighted by atomic mass is 9.92. The first-order chi connectivity index (χ1) is 6.11. The molecule has 2 radical (unpaired) electrons. The van der Waals surface area contributed by atoms with Crippen LogP contribution in [-0.2, 0) is 0 Å². The minimum atomic E-state index is 0.727. The molecular weight excluding hydrogens is 157 g/mol. The molecule has 0 N–H and O–H groups in total. The maximum absolute atomic E-state index is 5.62. The monoisotopic (exact) mass is 171 g/mol. The molecule has 1 nitrogen and oxygen atoms in total. The molecule has 0 amide bonds. The van der Waals surface area contributed by atoms with Gasteiger partial charge in [-0.3, -0.25) is 4.99 Å². The van der Waals surface area contributed by atoms with Crippen LogP contribution in [0.4, 0.5) is 0 Å². The average Bonchev–Trinajstić information content (AvgIpc) is 2.13. The van der Waals surface area contributed by atoms with E-state index in [4.69, 9.17) is 7.85 Å². The van der Waals surface area contributed by atoms with Gasteiger partial charge >= 0.3 is 0 Å². The van der Waals surface area contributed by atoms with E-state index in [1.165, 1.54) is 6.20 Å². The summed E-state index contributed by atoms with van der Waals surface area (Å²) < 4.78 is 0. The van der Waals surface area contributed by atoms with Crippen LogP contribution in [0.3, 0.4) is 0 Å². The van der Waals surface area contributed by atoms with E-state index in [1.807, 2.05) is 26.0 Å². The van der Waals surface area contributed by atoms with Gasteiger partial charge in [0.15, 0.2) is 0 Å². The molecule has 0 aliphatic heterocycles. The zero-order valence-corrected chi connectivity index (χ0v) is 8.25. The Morgan fingerprint density at radius 2 is 2.08 bits per heavy atom. The van der Waals surface area contributed by atoms with E-state index in [-0.39, 0.29) is 0 Å². The summed E-state index contributed by atoms with van der Waals surface area (Å²) in [5.74, 6) is 0. The number of nitrogens with zero attached hydrogens (tertiary/aromatic N) is 1. The molecule has 0 saturated carbocycles. The molecule has 0 aromatic carbocycles. The Hall–Kier alpha value is -1.31. The van der Waals surface area contributed by atoms with Gasteiger partial charge in [-0.25, -0.2) is 0 Å². The topological polar surface area (TPSA) is 12.4 Å². The molecule has 0 unspecified atom stereocenters. The Balaban J connectivity index is 4.51. The van der Waals surface area contributed by atoms with Gasteiger partial charge in [0.2, 0.25) is 0 Å². The van der Waals surface area contributed by atoms with Crippen LogP contribution < -0.4 is 0 Å². The van der Waals surface area contributed by atoms with Crippen molar-refractivity contribution in [1.82, 2.24) is 0 Å². The van der Waals surface area contributed by atoms with E-state index >= 15 is 0 Å². The number of aliphatic imine (C=N–C) groups is 1. The van der Waals surface area contributed by atoms with E-state index in [9.17, 15) is 0 Å². The summed E-state index contributed by atoms with van der Waals surface area (Å²) >= 11 is 0. The maximum atomic E-state index is 5.62. The van der Waals surface area contributed by atoms with Crippen molar-refractivity contribution < 1.29 is 0 Å². The highest BCUT2D eigenvalue weighted by Gasteiger charge is 1.91. The summed E-state index contributed by atoms with van der Waals surface area (Å²) in [7, 11) is 5.62. The molecule has 0 bridgehead atoms. The second-order valence-electron chi connectivity index (χ2n) is 2.60. The molecule has 0 aromatic rings. The SMILES string of the molecule is [B]C(=C/C)/C=C(\C)C(=C)C=NC=C. The van der Waals surface area contributed by atoms with Crippen LogP contribution in [0.25, 0.3) is 0 Å². The third-order valence-electron chi connectivity index (χ3n) is 1.56. The van der Waals surface area contributed by atoms with Crippen molar-refractivity contribution in [3.8, 4) is 0 Å². The van der Waals surface area contributed by atoms with Crippen molar-refractivity contribution in [3.63, 3.8) is 0 Å². The lowest BCUT2D eigenvalue weighted by Gasteiger charge is -1.99. The Morgan fingerprint density at radius 3 is 2.54 bits per heavy atom. The molecule has 0 fully saturated rings. The van der Waals surface area contributed by atoms with E-state index in [0.717, 1.165) is 16.6 Å². The van der Waals surface area contributed by atoms with Crippen LogP contribution in [0, 0.1) is 0 Å². The predicted molar refractivity (Wildman–Crippen MR) is 61.1 cm³/mol. The Morgan fingerprint density at radius 1 is 1.46 bits per heavy atom. The van der Waals surface area contributed by atoms with Crippen LogP contribution in [-0.4, -0.2) is 14.1 Å². The van der Waals surface area contributed by atoms with Gasteiger partial charge in [-0.2, -0.15) is 0 Å². The fraction of sp³-hybridized carbons (Fsp3) is 0.182. The second-order valence-corrected chi connectivity index (χ2v) is 2.60. The Labute approximate surface area is 81.7 Å². The summed E-state index contributed by atoms with van der Waals surface area (Å²) in [6, 6.07) is 0. The van der Waals surface area contributed by atoms with Crippen molar-refractivity contribution in [2.45, 2.75) is 13.8 Å². The number of hydrogen-bond acceptors (Lipinski definition) is 1. The summed E-state index contributed by atoms with van der Waals surface area (Å²) in [4.78, 5) is 3.86. The van der Waals surface area contributed by atoms with Gasteiger partial charge in [-0.15, -0.1) is 5.47 Å². The summed E-state index contributed by atoms with van der Waals surface area (Å²) in [6.07, 6.45) is 6.82. The minimum absolute atomic E-state index is 0.727. The molecule has 66 valence electrons. The van der Waals surface area contributed by atoms with Gasteiger partial charge in [0.1, 0.15) is 7.85 Å². The van der Waals surface area contributed by atoms with Gasteiger partial charge in [0, 0.05) is 12.4 Å². The predicted octanol–water partition coefficient (Wildman–Crippen LogP) is 2.78. The highest BCUT2D eigenvalue weighted by atomic mass is 14.7. The van der Waals surface area contributed by atoms with Crippen molar-refractivity contribution in [2.24, 2.45) is 4.99 Å². The quantitative estimate of drug-likeness (QED) is 0.350. The molecule has 2 heteroatoms. The molecule has 0 heterocycles. The van der Waals surface area contributed by atoms with Gasteiger partial charge in [-0.1, -0.05) is 25.3 Å². The number of allylic oxidation sites excluding steroid dienone is 5. The summed E-state index contributed by atoms with van der Waals surface area (Å²) in [6.45, 7) is 11.1. The lowest BCUT2D eigenvalue weighted by Crippen LogP contribution is -1.86. The fourth-order valence-electron chi connectivity index (χ4n) is 0.671. The molecule has 13 heavy (non-hydrogen) atoms. The zero-order valence-electron chi connectivity index (χ0n) is 8.25. The number of rotatable bonds is 4. The maximum Gasteiger partial charge on any atom is 0.113 e. The lowest BCUT2D eigenvalue weighted by molar-refractivity contribution is 1.46. The highest BCUT2D eigenvalue weighted by Crippen LogP contribution is 2.06. The first-order valence-corrected chi connectivity index (χ1v) is 4.05. The molecular formula is C11H14BN. The standard InChI is InChI=1S/C11H14BN/c1-5-11(12)7-9(3)10(4)8-13-6-2/h5-8H,2,4H2,1,3H3/b9-7+,11-5+,13-8?. The van der Waals surface area contributed by atoms with Gasteiger partial charge in [-0.05, 0) is 25.0 Å². The summed E-state index contributed by atoms with van der Waals surface area (Å²) in [5.41, 5.74) is 2.57. The molecule has 0 atom stereocenters. The highest BCUT2D eigenvalue weighted by molar-refractivity contribution is 6.23. The van der Waals surface area contributed by atoms with Crippen molar-refractivity contribution >= 4 is 14.1 Å². The van der Waals surface area contributed by atoms with Crippen LogP contribution in [0.1, 0.15) is 13.8 Å². The second kappa shape index (κ2) is 6.24. The van der Waals surface area contributed by atoms with Crippen LogP contribution in [0.2, 0.25) is 0 Å². The molecule has 0 spiro atoms. The fourth-order valence-corrected chi connectivity index (χ4v) is 0.671. The average molecular weight is 171 g/mol. The van der Waals surface area contributed by atoms with Crippen molar-refractivity contribution in [2.75, 3.05) is 0 Å². The largest absolute Gasteiger partial charge is 0.265 e. The van der Waals surface area contributed by atoms with Gasteiger partial charge in [0.05, 0.1) is 0 Å². The van der Waals surface area contributed by atoms with Crippen molar-refractivity contribution in [3.05, 3.63) is 48.1 Å². The first kappa shape index (κ1) is 11.7. The van der Waals surface area contributed by atoms with E-state index < -0.39 is 0 Å². The van der Waals surface area contributed by atoms with Crippen LogP contribution in [0.15, 0.2) is 53.1 Å². The molecule has 0 saturated heterocycles. The third-order valence-corrected chi connectivity index (χ3v) is 1.56. The molecule has 0 rings (SSSR count).